The van der Waals surface area contributed by atoms with Crippen LogP contribution in [0.25, 0.3) is 65.2 Å². The number of H-pyrrole nitrogens is 1. The number of amides is 3. The molecular formula is C76H81N15O18S4. The van der Waals surface area contributed by atoms with Crippen molar-refractivity contribution in [3.05, 3.63) is 164 Å². The lowest BCUT2D eigenvalue weighted by Crippen LogP contribution is -2.43. The Kier molecular flexibility index (Phi) is 28.6. The van der Waals surface area contributed by atoms with Gasteiger partial charge in [-0.2, -0.15) is 15.2 Å². The van der Waals surface area contributed by atoms with Gasteiger partial charge in [0.1, 0.15) is 95.0 Å². The van der Waals surface area contributed by atoms with Gasteiger partial charge in [-0.15, -0.1) is 45.3 Å². The lowest BCUT2D eigenvalue weighted by molar-refractivity contribution is -0.146. The van der Waals surface area contributed by atoms with Crippen LogP contribution in [0.2, 0.25) is 0 Å². The number of ether oxygens (including phenoxy) is 7. The second kappa shape index (κ2) is 38.1. The van der Waals surface area contributed by atoms with Gasteiger partial charge in [0, 0.05) is 44.0 Å². The zero-order valence-corrected chi connectivity index (χ0v) is 66.3. The van der Waals surface area contributed by atoms with Crippen molar-refractivity contribution < 1.29 is 82.0 Å². The number of nitrogens with one attached hydrogen (secondary N) is 1. The van der Waals surface area contributed by atoms with E-state index < -0.39 is 89.4 Å². The number of aromatic amines is 1. The molecule has 3 aliphatic heterocycles. The largest absolute Gasteiger partial charge is 0.480 e. The fourth-order valence-corrected chi connectivity index (χ4v) is 13.8. The summed E-state index contributed by atoms with van der Waals surface area (Å²) in [5, 5.41) is 44.3. The van der Waals surface area contributed by atoms with Gasteiger partial charge >= 0.3 is 42.2 Å². The molecule has 113 heavy (non-hydrogen) atoms. The summed E-state index contributed by atoms with van der Waals surface area (Å²) >= 11 is 5.54. The fourth-order valence-electron chi connectivity index (χ4n) is 10.8. The topological polar surface area (TPSA) is 453 Å². The molecule has 0 spiro atoms. The van der Waals surface area contributed by atoms with Crippen molar-refractivity contribution in [2.24, 2.45) is 0 Å². The molecule has 0 radical (unpaired) electrons. The number of nitrogens with zero attached hydrogens (tertiary/aromatic N) is 13. The van der Waals surface area contributed by atoms with Crippen LogP contribution >= 0.6 is 45.3 Å². The second-order valence-electron chi connectivity index (χ2n) is 27.7. The van der Waals surface area contributed by atoms with Gasteiger partial charge < -0.3 is 59.2 Å². The lowest BCUT2D eigenvalue weighted by Gasteiger charge is -2.27. The first-order chi connectivity index (χ1) is 53.7. The summed E-state index contributed by atoms with van der Waals surface area (Å²) in [4.78, 5) is 140. The van der Waals surface area contributed by atoms with Crippen molar-refractivity contribution in [2.45, 2.75) is 135 Å². The first kappa shape index (κ1) is 84.8. The lowest BCUT2D eigenvalue weighted by atomic mass is 10.2. The standard InChI is InChI=1S/2C21H22N4O5S.C11H7N3OS.C11H19NO5.C6H4N2.C6H7NO2S/c2*1-21(2,3)30-20(28)25-11-12(10-15(25)19(26)27)29-18-16-13(7-9-31-16)23-17(24-18)14-6-4-5-8-22-14;15-11-9-7(4-6-16-9)13-10(14-11)8-3-1-2-5-12-8;1-11(2,3)17-10(15)12-6-7(13)5-8(12)9(14)16-4;7-5-6-3-1-2-4-8-6;1-9-6(8)5-4(7)2-3-10-5/h2*4-9,12,15H,10-11H2,1-3H3,(H,26,27);1-6H,(H,13,14,15);7-8,13H,5-6H2,1-4H3;1-4H;2-3H,7H2,1H3/t2*12?,15-;;7-,8-;;/m00.0../s1. The first-order valence-electron chi connectivity index (χ1n) is 34.7. The van der Waals surface area contributed by atoms with E-state index in [2.05, 4.69) is 59.3 Å². The van der Waals surface area contributed by atoms with Crippen molar-refractivity contribution in [1.29, 1.82) is 5.26 Å². The maximum absolute atomic E-state index is 12.5. The van der Waals surface area contributed by atoms with Gasteiger partial charge in [-0.25, -0.2) is 53.5 Å². The van der Waals surface area contributed by atoms with Crippen LogP contribution in [0.4, 0.5) is 20.1 Å². The summed E-state index contributed by atoms with van der Waals surface area (Å²) < 4.78 is 39.4. The number of rotatable bonds is 11. The number of hydrogen-bond donors (Lipinski definition) is 5. The van der Waals surface area contributed by atoms with Gasteiger partial charge in [0.15, 0.2) is 17.5 Å². The Bertz CT molecular complexity index is 5030. The number of fused-ring (bicyclic) bond motifs is 3. The highest BCUT2D eigenvalue weighted by Crippen LogP contribution is 2.36. The minimum Gasteiger partial charge on any atom is -0.480 e. The van der Waals surface area contributed by atoms with Crippen LogP contribution in [0.15, 0.2) is 148 Å². The SMILES string of the molecule is CC(C)(C)OC(=O)N1CC(Oc2nc(-c3ccccn3)nc3ccsc23)C[C@H]1C(=O)O.CC(C)(C)OC(=O)N1CC(Oc2nc(-c3ccccn3)nc3ccsc23)C[C@H]1C(=O)O.COC(=O)[C@@H]1C[C@H](O)CN1C(=O)OC(C)(C)C.COC(=O)c1sccc1N.N#Cc1ccccn1.O=c1[nH]c(-c2ccccn2)nc2ccsc12. The normalized spacial score (nSPS) is 17.0. The van der Waals surface area contributed by atoms with Crippen molar-refractivity contribution >= 4 is 124 Å². The van der Waals surface area contributed by atoms with E-state index in [0.29, 0.717) is 78.3 Å². The molecule has 0 bridgehead atoms. The summed E-state index contributed by atoms with van der Waals surface area (Å²) in [6, 6.07) is 28.0. The molecule has 3 fully saturated rings. The number of nitrogens with two attached hydrogens (primary N) is 1. The third-order valence-electron chi connectivity index (χ3n) is 15.7. The van der Waals surface area contributed by atoms with Crippen LogP contribution in [0, 0.1) is 11.3 Å². The number of β-amino-alcohol motifs (C(OH)–C–C–N with tert-alkyl or cyclic N) is 1. The summed E-state index contributed by atoms with van der Waals surface area (Å²) in [6.07, 6.45) is 3.25. The zero-order valence-electron chi connectivity index (χ0n) is 63.1. The highest BCUT2D eigenvalue weighted by Gasteiger charge is 2.46. The number of thiophene rings is 4. The summed E-state index contributed by atoms with van der Waals surface area (Å²) in [6.45, 7) is 15.9. The number of carboxylic acid groups (broad SMARTS) is 2. The minimum absolute atomic E-state index is 0.0850. The Morgan fingerprint density at radius 1 is 0.513 bits per heavy atom. The van der Waals surface area contributed by atoms with Gasteiger partial charge in [0.2, 0.25) is 11.8 Å². The highest BCUT2D eigenvalue weighted by molar-refractivity contribution is 7.18. The van der Waals surface area contributed by atoms with E-state index >= 15 is 0 Å². The Labute approximate surface area is 663 Å². The van der Waals surface area contributed by atoms with Crippen molar-refractivity contribution in [3.63, 3.8) is 0 Å². The average Bonchev–Trinajstić information content (AvgIpc) is 1.69. The third-order valence-corrected chi connectivity index (χ3v) is 19.3. The van der Waals surface area contributed by atoms with Gasteiger partial charge in [-0.05, 0) is 157 Å². The van der Waals surface area contributed by atoms with E-state index in [1.165, 1.54) is 74.3 Å². The number of methoxy groups -OCH3 is 2. The minimum atomic E-state index is -1.10. The van der Waals surface area contributed by atoms with Crippen LogP contribution in [-0.4, -0.2) is 209 Å². The quantitative estimate of drug-likeness (QED) is 0.0593. The molecule has 0 aliphatic carbocycles. The molecule has 3 aliphatic rings. The molecule has 3 amide bonds. The predicted octanol–water partition coefficient (Wildman–Crippen LogP) is 11.8. The molecule has 6 N–H and O–H groups in total. The molecule has 592 valence electrons. The molecule has 14 rings (SSSR count). The number of nitriles is 1. The summed E-state index contributed by atoms with van der Waals surface area (Å²) in [5.41, 5.74) is 8.20. The van der Waals surface area contributed by atoms with Crippen LogP contribution < -0.4 is 20.8 Å². The molecule has 37 heteroatoms. The first-order valence-corrected chi connectivity index (χ1v) is 38.2. The molecule has 3 saturated heterocycles. The number of aromatic nitrogens is 10. The van der Waals surface area contributed by atoms with Crippen molar-refractivity contribution in [1.82, 2.24) is 64.5 Å². The Morgan fingerprint density at radius 3 is 1.30 bits per heavy atom. The number of aliphatic hydroxyl groups excluding tert-OH is 1. The number of hydrogen-bond acceptors (Lipinski definition) is 31. The van der Waals surface area contributed by atoms with Crippen LogP contribution in [-0.2, 0) is 38.1 Å². The Balaban J connectivity index is 0.000000165. The smallest absolute Gasteiger partial charge is 0.411 e. The van der Waals surface area contributed by atoms with E-state index in [1.807, 2.05) is 70.7 Å². The fraction of sp³-hybridized carbons (Fsp3) is 0.342. The van der Waals surface area contributed by atoms with Gasteiger partial charge in [-0.3, -0.25) is 34.4 Å². The molecule has 0 aromatic carbocycles. The van der Waals surface area contributed by atoms with Crippen LogP contribution in [0.5, 0.6) is 11.8 Å². The van der Waals surface area contributed by atoms with E-state index in [-0.39, 0.29) is 50.4 Å². The zero-order chi connectivity index (χ0) is 81.9. The third kappa shape index (κ3) is 23.7. The van der Waals surface area contributed by atoms with E-state index in [4.69, 9.17) is 34.7 Å². The number of carbonyl (C=O) groups excluding carboxylic acids is 5. The number of nitrogen functional groups attached to an aromatic ring is 1. The molecule has 11 aromatic rings. The van der Waals surface area contributed by atoms with Crippen molar-refractivity contribution in [3.8, 4) is 52.4 Å². The van der Waals surface area contributed by atoms with Crippen LogP contribution in [0.3, 0.4) is 0 Å². The number of carboxylic acids is 2. The summed E-state index contributed by atoms with van der Waals surface area (Å²) in [7, 11) is 2.59. The molecule has 14 heterocycles. The number of likely N-dealkylation sites (tertiary alicyclic amines) is 3. The number of aliphatic hydroxyl groups is 1. The highest BCUT2D eigenvalue weighted by atomic mass is 32.1. The van der Waals surface area contributed by atoms with Crippen molar-refractivity contribution in [2.75, 3.05) is 39.6 Å². The number of anilines is 1. The van der Waals surface area contributed by atoms with Gasteiger partial charge in [-0.1, -0.05) is 24.3 Å². The number of pyridine rings is 4. The Morgan fingerprint density at radius 2 is 0.929 bits per heavy atom. The predicted molar refractivity (Wildman–Crippen MR) is 420 cm³/mol. The second-order valence-corrected chi connectivity index (χ2v) is 31.3. The van der Waals surface area contributed by atoms with Crippen LogP contribution in [0.1, 0.15) is 96.9 Å². The van der Waals surface area contributed by atoms with E-state index in [9.17, 15) is 53.7 Å². The number of aliphatic carboxylic acids is 2. The molecule has 11 aromatic heterocycles. The average molecular weight is 1620 g/mol. The van der Waals surface area contributed by atoms with E-state index in [1.54, 1.807) is 141 Å². The number of esters is 2. The molecular weight excluding hydrogens is 1540 g/mol. The van der Waals surface area contributed by atoms with Gasteiger partial charge in [0.25, 0.3) is 5.56 Å². The van der Waals surface area contributed by atoms with Gasteiger partial charge in [0.05, 0.1) is 62.2 Å². The monoisotopic (exact) mass is 1620 g/mol. The number of carbonyl (C=O) groups is 7. The molecule has 0 saturated carbocycles. The maximum Gasteiger partial charge on any atom is 0.411 e. The maximum atomic E-state index is 12.5. The Hall–Kier alpha value is -12.2. The summed E-state index contributed by atoms with van der Waals surface area (Å²) in [5.74, 6) is -1.07. The molecule has 6 atom stereocenters. The molecule has 2 unspecified atom stereocenters. The molecule has 33 nitrogen and oxygen atoms in total. The van der Waals surface area contributed by atoms with E-state index in [0.717, 1.165) is 14.9 Å².